The predicted molar refractivity (Wildman–Crippen MR) is 106 cm³/mol. The van der Waals surface area contributed by atoms with Crippen LogP contribution in [0.25, 0.3) is 0 Å². The maximum absolute atomic E-state index is 5.52. The molecule has 0 aromatic heterocycles. The minimum atomic E-state index is 0.147. The van der Waals surface area contributed by atoms with E-state index in [9.17, 15) is 0 Å². The number of fused-ring (bicyclic) bond motifs is 1. The first-order valence-electron chi connectivity index (χ1n) is 9.42. The van der Waals surface area contributed by atoms with Crippen molar-refractivity contribution in [2.75, 3.05) is 32.8 Å². The molecule has 1 saturated heterocycles. The third-order valence-corrected chi connectivity index (χ3v) is 6.47. The predicted octanol–water partition coefficient (Wildman–Crippen LogP) is 4.79. The fourth-order valence-electron chi connectivity index (χ4n) is 4.57. The van der Waals surface area contributed by atoms with Crippen LogP contribution in [0.1, 0.15) is 36.0 Å². The third-order valence-electron chi connectivity index (χ3n) is 5.94. The summed E-state index contributed by atoms with van der Waals surface area (Å²) >= 11 is 3.60. The third kappa shape index (κ3) is 3.55. The molecule has 2 nitrogen and oxygen atoms in total. The lowest BCUT2D eigenvalue weighted by atomic mass is 9.64. The summed E-state index contributed by atoms with van der Waals surface area (Å²) in [6.45, 7) is 5.04. The SMILES string of the molecule is Brc1ccc([C@@]2(CCN3CCOCC3)CCCc3ccccc32)cc1. The first-order valence-corrected chi connectivity index (χ1v) is 10.2. The average molecular weight is 400 g/mol. The van der Waals surface area contributed by atoms with E-state index < -0.39 is 0 Å². The van der Waals surface area contributed by atoms with Gasteiger partial charge in [-0.3, -0.25) is 4.90 Å². The molecule has 0 radical (unpaired) electrons. The van der Waals surface area contributed by atoms with Crippen LogP contribution < -0.4 is 0 Å². The molecule has 4 rings (SSSR count). The topological polar surface area (TPSA) is 12.5 Å². The summed E-state index contributed by atoms with van der Waals surface area (Å²) in [6, 6.07) is 18.2. The van der Waals surface area contributed by atoms with Crippen molar-refractivity contribution < 1.29 is 4.74 Å². The van der Waals surface area contributed by atoms with Gasteiger partial charge in [-0.2, -0.15) is 0 Å². The molecule has 2 aromatic rings. The highest BCUT2D eigenvalue weighted by Gasteiger charge is 2.38. The molecule has 2 aliphatic rings. The van der Waals surface area contributed by atoms with E-state index >= 15 is 0 Å². The Balaban J connectivity index is 1.70. The largest absolute Gasteiger partial charge is 0.379 e. The quantitative estimate of drug-likeness (QED) is 0.732. The Kier molecular flexibility index (Phi) is 5.25. The van der Waals surface area contributed by atoms with Gasteiger partial charge in [0.25, 0.3) is 0 Å². The molecule has 25 heavy (non-hydrogen) atoms. The van der Waals surface area contributed by atoms with Crippen molar-refractivity contribution in [3.63, 3.8) is 0 Å². The van der Waals surface area contributed by atoms with E-state index in [2.05, 4.69) is 69.4 Å². The van der Waals surface area contributed by atoms with Gasteiger partial charge in [0.05, 0.1) is 13.2 Å². The molecule has 0 amide bonds. The molecule has 0 bridgehead atoms. The van der Waals surface area contributed by atoms with E-state index in [-0.39, 0.29) is 5.41 Å². The second-order valence-electron chi connectivity index (χ2n) is 7.30. The van der Waals surface area contributed by atoms with Crippen molar-refractivity contribution in [1.82, 2.24) is 4.90 Å². The van der Waals surface area contributed by atoms with Crippen LogP contribution in [0.3, 0.4) is 0 Å². The number of hydrogen-bond acceptors (Lipinski definition) is 2. The van der Waals surface area contributed by atoms with Crippen molar-refractivity contribution in [2.45, 2.75) is 31.1 Å². The fraction of sp³-hybridized carbons (Fsp3) is 0.455. The van der Waals surface area contributed by atoms with Crippen LogP contribution >= 0.6 is 15.9 Å². The van der Waals surface area contributed by atoms with Gasteiger partial charge >= 0.3 is 0 Å². The zero-order chi connectivity index (χ0) is 17.1. The highest BCUT2D eigenvalue weighted by molar-refractivity contribution is 9.10. The molecule has 1 fully saturated rings. The minimum Gasteiger partial charge on any atom is -0.379 e. The van der Waals surface area contributed by atoms with Crippen LogP contribution in [0.2, 0.25) is 0 Å². The molecule has 0 saturated carbocycles. The maximum atomic E-state index is 5.52. The molecule has 3 heteroatoms. The number of morpholine rings is 1. The van der Waals surface area contributed by atoms with Crippen molar-refractivity contribution in [1.29, 1.82) is 0 Å². The first-order chi connectivity index (χ1) is 12.3. The number of benzene rings is 2. The molecular weight excluding hydrogens is 374 g/mol. The van der Waals surface area contributed by atoms with Crippen molar-refractivity contribution in [2.24, 2.45) is 0 Å². The van der Waals surface area contributed by atoms with Gasteiger partial charge in [0.2, 0.25) is 0 Å². The molecule has 1 aliphatic heterocycles. The van der Waals surface area contributed by atoms with E-state index in [1.54, 1.807) is 11.1 Å². The van der Waals surface area contributed by atoms with E-state index in [0.29, 0.717) is 0 Å². The van der Waals surface area contributed by atoms with E-state index in [0.717, 1.165) is 37.3 Å². The Bertz CT molecular complexity index is 708. The van der Waals surface area contributed by atoms with Crippen molar-refractivity contribution in [3.05, 3.63) is 69.7 Å². The van der Waals surface area contributed by atoms with Crippen molar-refractivity contribution in [3.8, 4) is 0 Å². The molecule has 1 atom stereocenters. The molecule has 0 N–H and O–H groups in total. The number of halogens is 1. The number of rotatable bonds is 4. The van der Waals surface area contributed by atoms with Gasteiger partial charge in [0, 0.05) is 23.0 Å². The van der Waals surface area contributed by atoms with Crippen LogP contribution in [-0.4, -0.2) is 37.7 Å². The van der Waals surface area contributed by atoms with Crippen LogP contribution in [0.5, 0.6) is 0 Å². The number of ether oxygens (including phenoxy) is 1. The summed E-state index contributed by atoms with van der Waals surface area (Å²) in [5, 5.41) is 0. The smallest absolute Gasteiger partial charge is 0.0594 e. The lowest BCUT2D eigenvalue weighted by Crippen LogP contribution is -2.41. The van der Waals surface area contributed by atoms with Crippen molar-refractivity contribution >= 4 is 15.9 Å². The molecule has 0 spiro atoms. The zero-order valence-corrected chi connectivity index (χ0v) is 16.3. The van der Waals surface area contributed by atoms with Gasteiger partial charge in [-0.05, 0) is 61.1 Å². The van der Waals surface area contributed by atoms with E-state index in [4.69, 9.17) is 4.74 Å². The van der Waals surface area contributed by atoms with Gasteiger partial charge < -0.3 is 4.74 Å². The Morgan fingerprint density at radius 1 is 1.00 bits per heavy atom. The van der Waals surface area contributed by atoms with Gasteiger partial charge in [-0.15, -0.1) is 0 Å². The average Bonchev–Trinajstić information content (AvgIpc) is 2.68. The summed E-state index contributed by atoms with van der Waals surface area (Å²) in [5.41, 5.74) is 4.71. The van der Waals surface area contributed by atoms with Crippen LogP contribution in [-0.2, 0) is 16.6 Å². The lowest BCUT2D eigenvalue weighted by Gasteiger charge is -2.42. The molecule has 1 heterocycles. The van der Waals surface area contributed by atoms with E-state index in [1.807, 2.05) is 0 Å². The Morgan fingerprint density at radius 3 is 2.56 bits per heavy atom. The van der Waals surface area contributed by atoms with E-state index in [1.165, 1.54) is 31.2 Å². The second-order valence-corrected chi connectivity index (χ2v) is 8.22. The minimum absolute atomic E-state index is 0.147. The Hall–Kier alpha value is -1.16. The van der Waals surface area contributed by atoms with Gasteiger partial charge in [0.15, 0.2) is 0 Å². The number of hydrogen-bond donors (Lipinski definition) is 0. The molecule has 2 aromatic carbocycles. The van der Waals surface area contributed by atoms with Crippen LogP contribution in [0, 0.1) is 0 Å². The molecular formula is C22H26BrNO. The monoisotopic (exact) mass is 399 g/mol. The standard InChI is InChI=1S/C22H26BrNO/c23-20-9-7-19(8-10-20)22(12-13-24-14-16-25-17-15-24)11-3-5-18-4-1-2-6-21(18)22/h1-2,4,6-10H,3,5,11-17H2/t22-/m0/s1. The summed E-state index contributed by atoms with van der Waals surface area (Å²) in [7, 11) is 0. The van der Waals surface area contributed by atoms with Gasteiger partial charge in [0.1, 0.15) is 0 Å². The Morgan fingerprint density at radius 2 is 1.76 bits per heavy atom. The number of aryl methyl sites for hydroxylation is 1. The Labute approximate surface area is 159 Å². The fourth-order valence-corrected chi connectivity index (χ4v) is 4.83. The molecule has 0 unspecified atom stereocenters. The summed E-state index contributed by atoms with van der Waals surface area (Å²) < 4.78 is 6.68. The van der Waals surface area contributed by atoms with Gasteiger partial charge in [-0.1, -0.05) is 52.3 Å². The first kappa shape index (κ1) is 17.3. The summed E-state index contributed by atoms with van der Waals surface area (Å²) in [6.07, 6.45) is 4.92. The highest BCUT2D eigenvalue weighted by Crippen LogP contribution is 2.45. The van der Waals surface area contributed by atoms with Crippen LogP contribution in [0.15, 0.2) is 53.0 Å². The maximum Gasteiger partial charge on any atom is 0.0594 e. The second kappa shape index (κ2) is 7.61. The molecule has 132 valence electrons. The molecule has 1 aliphatic carbocycles. The highest BCUT2D eigenvalue weighted by atomic mass is 79.9. The zero-order valence-electron chi connectivity index (χ0n) is 14.7. The summed E-state index contributed by atoms with van der Waals surface area (Å²) in [5.74, 6) is 0. The normalized spacial score (nSPS) is 24.0. The van der Waals surface area contributed by atoms with Gasteiger partial charge in [-0.25, -0.2) is 0 Å². The summed E-state index contributed by atoms with van der Waals surface area (Å²) in [4.78, 5) is 2.57. The number of nitrogens with zero attached hydrogens (tertiary/aromatic N) is 1. The van der Waals surface area contributed by atoms with Crippen LogP contribution in [0.4, 0.5) is 0 Å². The lowest BCUT2D eigenvalue weighted by molar-refractivity contribution is 0.0348.